The van der Waals surface area contributed by atoms with Crippen molar-refractivity contribution in [3.8, 4) is 5.75 Å². The first kappa shape index (κ1) is 29.9. The van der Waals surface area contributed by atoms with E-state index in [2.05, 4.69) is 45.0 Å². The molecule has 1 rings (SSSR count). The van der Waals surface area contributed by atoms with Gasteiger partial charge in [-0.15, -0.1) is 0 Å². The second-order valence-corrected chi connectivity index (χ2v) is 9.00. The van der Waals surface area contributed by atoms with Gasteiger partial charge in [0.25, 0.3) is 0 Å². The van der Waals surface area contributed by atoms with Crippen LogP contribution in [0.4, 0.5) is 0 Å². The Morgan fingerprint density at radius 2 is 1.52 bits per heavy atom. The molecule has 0 spiro atoms. The van der Waals surface area contributed by atoms with Gasteiger partial charge in [-0.3, -0.25) is 0 Å². The van der Waals surface area contributed by atoms with Crippen LogP contribution in [0.25, 0.3) is 0 Å². The number of aryl methyl sites for hydroxylation is 1. The van der Waals surface area contributed by atoms with Crippen LogP contribution in [0.1, 0.15) is 92.1 Å². The van der Waals surface area contributed by atoms with Crippen molar-refractivity contribution in [2.45, 2.75) is 105 Å². The van der Waals surface area contributed by atoms with E-state index >= 15 is 0 Å². The third-order valence-corrected chi connectivity index (χ3v) is 4.75. The highest BCUT2D eigenvalue weighted by atomic mass is 16.5. The molecule has 0 aromatic heterocycles. The van der Waals surface area contributed by atoms with Crippen molar-refractivity contribution >= 4 is 0 Å². The van der Waals surface area contributed by atoms with Crippen LogP contribution in [0.3, 0.4) is 0 Å². The minimum absolute atomic E-state index is 0.110. The van der Waals surface area contributed by atoms with Crippen LogP contribution >= 0.6 is 0 Å². The fourth-order valence-electron chi connectivity index (χ4n) is 2.99. The lowest BCUT2D eigenvalue weighted by Crippen LogP contribution is -2.26. The largest absolute Gasteiger partial charge is 0.493 e. The number of hydrogen-bond acceptors (Lipinski definition) is 4. The molecule has 0 amide bonds. The summed E-state index contributed by atoms with van der Waals surface area (Å²) in [6.07, 6.45) is 11.0. The normalized spacial score (nSPS) is 12.9. The number of rotatable bonds is 17. The van der Waals surface area contributed by atoms with Gasteiger partial charge >= 0.3 is 0 Å². The molecule has 0 saturated heterocycles. The molecule has 0 bridgehead atoms. The number of ether oxygens (including phenoxy) is 3. The average molecular weight is 438 g/mol. The van der Waals surface area contributed by atoms with E-state index in [1.165, 1.54) is 56.9 Å². The van der Waals surface area contributed by atoms with Crippen molar-refractivity contribution in [2.75, 3.05) is 26.4 Å². The molecule has 0 heterocycles. The maximum Gasteiger partial charge on any atom is 0.119 e. The van der Waals surface area contributed by atoms with Gasteiger partial charge in [0.1, 0.15) is 5.75 Å². The van der Waals surface area contributed by atoms with Crippen LogP contribution in [0.15, 0.2) is 24.3 Å². The molecule has 0 fully saturated rings. The molecule has 0 radical (unpaired) electrons. The first-order valence-electron chi connectivity index (χ1n) is 12.6. The fraction of sp³-hybridized carbons (Fsp3) is 0.778. The Bertz CT molecular complexity index is 505. The molecular weight excluding hydrogens is 386 g/mol. The maximum absolute atomic E-state index is 5.78. The standard InChI is InChI=1S/C19H32O.C8H19NO2/c1-4-5-6-7-8-9-10-12-18-13-11-14-19(15-18)20-16-17(2)3;1-4-10-6-8(3)11-5-7(2)9/h11,13-15,17H,4-10,12,16H2,1-3H3;7-8H,4-6,9H2,1-3H3. The number of unbranched alkanes of at least 4 members (excludes halogenated alkanes) is 6. The van der Waals surface area contributed by atoms with Gasteiger partial charge in [-0.05, 0) is 57.2 Å². The molecule has 1 aromatic rings. The molecule has 0 aliphatic heterocycles. The molecule has 2 atom stereocenters. The van der Waals surface area contributed by atoms with Crippen LogP contribution in [0.5, 0.6) is 5.75 Å². The Labute approximate surface area is 193 Å². The topological polar surface area (TPSA) is 53.7 Å². The van der Waals surface area contributed by atoms with E-state index in [1.807, 2.05) is 20.8 Å². The molecule has 182 valence electrons. The predicted molar refractivity (Wildman–Crippen MR) is 134 cm³/mol. The van der Waals surface area contributed by atoms with E-state index in [0.717, 1.165) is 19.0 Å². The Hall–Kier alpha value is -1.10. The summed E-state index contributed by atoms with van der Waals surface area (Å²) in [4.78, 5) is 0. The second kappa shape index (κ2) is 20.8. The van der Waals surface area contributed by atoms with Crippen molar-refractivity contribution in [3.63, 3.8) is 0 Å². The molecule has 4 nitrogen and oxygen atoms in total. The van der Waals surface area contributed by atoms with Crippen molar-refractivity contribution in [3.05, 3.63) is 29.8 Å². The lowest BCUT2D eigenvalue weighted by atomic mass is 10.0. The average Bonchev–Trinajstić information content (AvgIpc) is 2.75. The summed E-state index contributed by atoms with van der Waals surface area (Å²) in [5.41, 5.74) is 6.92. The zero-order chi connectivity index (χ0) is 23.3. The van der Waals surface area contributed by atoms with Gasteiger partial charge in [-0.25, -0.2) is 0 Å². The highest BCUT2D eigenvalue weighted by molar-refractivity contribution is 5.28. The fourth-order valence-corrected chi connectivity index (χ4v) is 2.99. The summed E-state index contributed by atoms with van der Waals surface area (Å²) in [6.45, 7) is 15.3. The van der Waals surface area contributed by atoms with Crippen molar-refractivity contribution in [1.29, 1.82) is 0 Å². The van der Waals surface area contributed by atoms with Crippen LogP contribution in [-0.2, 0) is 15.9 Å². The van der Waals surface area contributed by atoms with E-state index in [-0.39, 0.29) is 12.1 Å². The van der Waals surface area contributed by atoms with Gasteiger partial charge in [0.2, 0.25) is 0 Å². The van der Waals surface area contributed by atoms with E-state index in [0.29, 0.717) is 19.1 Å². The molecule has 4 heteroatoms. The zero-order valence-corrected chi connectivity index (χ0v) is 21.3. The first-order chi connectivity index (χ1) is 14.9. The maximum atomic E-state index is 5.78. The molecule has 0 aliphatic carbocycles. The van der Waals surface area contributed by atoms with Gasteiger partial charge in [-0.2, -0.15) is 0 Å². The predicted octanol–water partition coefficient (Wildman–Crippen LogP) is 6.79. The summed E-state index contributed by atoms with van der Waals surface area (Å²) < 4.78 is 16.3. The SMILES string of the molecule is CCCCCCCCCc1cccc(OCC(C)C)c1.CCOCC(C)OCC(C)N. The Morgan fingerprint density at radius 1 is 0.839 bits per heavy atom. The van der Waals surface area contributed by atoms with Gasteiger partial charge in [-0.1, -0.05) is 71.4 Å². The van der Waals surface area contributed by atoms with Crippen LogP contribution in [-0.4, -0.2) is 38.6 Å². The number of nitrogens with two attached hydrogens (primary N) is 1. The van der Waals surface area contributed by atoms with Crippen molar-refractivity contribution in [2.24, 2.45) is 11.7 Å². The summed E-state index contributed by atoms with van der Waals surface area (Å²) >= 11 is 0. The first-order valence-corrected chi connectivity index (χ1v) is 12.6. The lowest BCUT2D eigenvalue weighted by molar-refractivity contribution is -0.00677. The van der Waals surface area contributed by atoms with Gasteiger partial charge in [0.05, 0.1) is 25.9 Å². The molecule has 2 unspecified atom stereocenters. The summed E-state index contributed by atoms with van der Waals surface area (Å²) in [5, 5.41) is 0. The molecule has 2 N–H and O–H groups in total. The number of hydrogen-bond donors (Lipinski definition) is 1. The lowest BCUT2D eigenvalue weighted by Gasteiger charge is -2.14. The Morgan fingerprint density at radius 3 is 2.13 bits per heavy atom. The summed E-state index contributed by atoms with van der Waals surface area (Å²) in [6, 6.07) is 8.72. The van der Waals surface area contributed by atoms with E-state index < -0.39 is 0 Å². The molecule has 1 aromatic carbocycles. The third-order valence-electron chi connectivity index (χ3n) is 4.75. The van der Waals surface area contributed by atoms with Crippen molar-refractivity contribution < 1.29 is 14.2 Å². The van der Waals surface area contributed by atoms with Gasteiger partial charge in [0.15, 0.2) is 0 Å². The Kier molecular flexibility index (Phi) is 20.0. The zero-order valence-electron chi connectivity index (χ0n) is 21.3. The molecular formula is C27H51NO3. The summed E-state index contributed by atoms with van der Waals surface area (Å²) in [7, 11) is 0. The van der Waals surface area contributed by atoms with Gasteiger partial charge in [0, 0.05) is 12.6 Å². The van der Waals surface area contributed by atoms with E-state index in [4.69, 9.17) is 19.9 Å². The summed E-state index contributed by atoms with van der Waals surface area (Å²) in [5.74, 6) is 1.61. The van der Waals surface area contributed by atoms with Crippen LogP contribution < -0.4 is 10.5 Å². The van der Waals surface area contributed by atoms with Gasteiger partial charge < -0.3 is 19.9 Å². The van der Waals surface area contributed by atoms with Crippen molar-refractivity contribution in [1.82, 2.24) is 0 Å². The van der Waals surface area contributed by atoms with E-state index in [9.17, 15) is 0 Å². The number of benzene rings is 1. The minimum Gasteiger partial charge on any atom is -0.493 e. The van der Waals surface area contributed by atoms with Crippen LogP contribution in [0.2, 0.25) is 0 Å². The van der Waals surface area contributed by atoms with E-state index in [1.54, 1.807) is 0 Å². The monoisotopic (exact) mass is 437 g/mol. The highest BCUT2D eigenvalue weighted by Crippen LogP contribution is 2.17. The third kappa shape index (κ3) is 20.6. The molecule has 0 saturated carbocycles. The smallest absolute Gasteiger partial charge is 0.119 e. The highest BCUT2D eigenvalue weighted by Gasteiger charge is 2.02. The molecule has 0 aliphatic rings. The quantitative estimate of drug-likeness (QED) is 0.273. The molecule has 31 heavy (non-hydrogen) atoms. The Balaban J connectivity index is 0.000000695. The van der Waals surface area contributed by atoms with Crippen LogP contribution in [0, 0.1) is 5.92 Å². The second-order valence-electron chi connectivity index (χ2n) is 9.00. The minimum atomic E-state index is 0.110.